The summed E-state index contributed by atoms with van der Waals surface area (Å²) in [6.07, 6.45) is 0. The number of rotatable bonds is 7. The Labute approximate surface area is 359 Å². The van der Waals surface area contributed by atoms with Gasteiger partial charge >= 0.3 is 0 Å². The van der Waals surface area contributed by atoms with Crippen LogP contribution in [0.1, 0.15) is 0 Å². The topological polar surface area (TPSA) is 31.0 Å². The van der Waals surface area contributed by atoms with Crippen LogP contribution in [0.2, 0.25) is 0 Å². The highest BCUT2D eigenvalue weighted by Gasteiger charge is 2.18. The number of aromatic nitrogens is 2. The maximum absolute atomic E-state index is 6.09. The molecule has 12 rings (SSSR count). The number of benzene rings is 10. The predicted octanol–water partition coefficient (Wildman–Crippen LogP) is 16.1. The lowest BCUT2D eigenvalue weighted by atomic mass is 9.89. The van der Waals surface area contributed by atoms with E-state index in [2.05, 4.69) is 211 Å². The first-order chi connectivity index (χ1) is 30.7. The van der Waals surface area contributed by atoms with E-state index >= 15 is 0 Å². The van der Waals surface area contributed by atoms with Gasteiger partial charge < -0.3 is 8.98 Å². The standard InChI is InChI=1S/C59H38N2O/c1-2-14-48(15-3-1)61-56-34-32-46(41-24-22-40(23-25-41)45-31-26-39-12-4-5-13-44(39)36-45)37-53(56)54-38-47(33-35-57(54)61)50-17-7-9-19-52(50)51-18-8-6-16-49(51)42-27-29-43(30-28-42)59-60-55-20-10-11-21-58(55)62-59/h1-38H. The lowest BCUT2D eigenvalue weighted by molar-refractivity contribution is 0.620. The summed E-state index contributed by atoms with van der Waals surface area (Å²) in [4.78, 5) is 4.73. The molecule has 0 unspecified atom stereocenters. The molecule has 0 aliphatic carbocycles. The van der Waals surface area contributed by atoms with Crippen molar-refractivity contribution in [3.63, 3.8) is 0 Å². The van der Waals surface area contributed by atoms with Crippen molar-refractivity contribution in [3.05, 3.63) is 231 Å². The van der Waals surface area contributed by atoms with E-state index in [1.807, 2.05) is 24.3 Å². The van der Waals surface area contributed by atoms with Gasteiger partial charge in [0.05, 0.1) is 11.0 Å². The molecule has 0 aliphatic rings. The van der Waals surface area contributed by atoms with Gasteiger partial charge in [-0.1, -0.05) is 164 Å². The molecule has 0 fully saturated rings. The molecule has 62 heavy (non-hydrogen) atoms. The Morgan fingerprint density at radius 1 is 0.323 bits per heavy atom. The van der Waals surface area contributed by atoms with E-state index < -0.39 is 0 Å². The summed E-state index contributed by atoms with van der Waals surface area (Å²) in [7, 11) is 0. The largest absolute Gasteiger partial charge is 0.436 e. The van der Waals surface area contributed by atoms with Gasteiger partial charge in [-0.3, -0.25) is 0 Å². The molecule has 0 amide bonds. The Kier molecular flexibility index (Phi) is 8.50. The fraction of sp³-hybridized carbons (Fsp3) is 0. The van der Waals surface area contributed by atoms with Crippen molar-refractivity contribution in [2.24, 2.45) is 0 Å². The van der Waals surface area contributed by atoms with Crippen LogP contribution >= 0.6 is 0 Å². The highest BCUT2D eigenvalue weighted by molar-refractivity contribution is 6.12. The molecule has 0 saturated heterocycles. The van der Waals surface area contributed by atoms with E-state index in [-0.39, 0.29) is 0 Å². The summed E-state index contributed by atoms with van der Waals surface area (Å²) < 4.78 is 8.48. The maximum atomic E-state index is 6.09. The van der Waals surface area contributed by atoms with Crippen molar-refractivity contribution in [1.82, 2.24) is 9.55 Å². The van der Waals surface area contributed by atoms with Crippen LogP contribution < -0.4 is 0 Å². The molecule has 0 bridgehead atoms. The third kappa shape index (κ3) is 6.18. The molecule has 290 valence electrons. The van der Waals surface area contributed by atoms with Crippen molar-refractivity contribution >= 4 is 43.7 Å². The van der Waals surface area contributed by atoms with Gasteiger partial charge in [0.1, 0.15) is 5.52 Å². The average molecular weight is 791 g/mol. The molecule has 0 N–H and O–H groups in total. The Morgan fingerprint density at radius 2 is 0.806 bits per heavy atom. The molecule has 0 aliphatic heterocycles. The van der Waals surface area contributed by atoms with Crippen LogP contribution in [-0.4, -0.2) is 9.55 Å². The van der Waals surface area contributed by atoms with Gasteiger partial charge in [0, 0.05) is 22.0 Å². The number of hydrogen-bond acceptors (Lipinski definition) is 2. The van der Waals surface area contributed by atoms with Crippen LogP contribution in [-0.2, 0) is 0 Å². The first kappa shape index (κ1) is 35.7. The Hall–Kier alpha value is -8.27. The first-order valence-electron chi connectivity index (χ1n) is 21.1. The van der Waals surface area contributed by atoms with E-state index in [9.17, 15) is 0 Å². The number of nitrogens with zero attached hydrogens (tertiary/aromatic N) is 2. The third-order valence-corrected chi connectivity index (χ3v) is 12.3. The molecular formula is C59H38N2O. The zero-order valence-corrected chi connectivity index (χ0v) is 33.7. The second kappa shape index (κ2) is 14.8. The zero-order chi connectivity index (χ0) is 41.0. The van der Waals surface area contributed by atoms with Crippen molar-refractivity contribution < 1.29 is 4.42 Å². The minimum Gasteiger partial charge on any atom is -0.436 e. The quantitative estimate of drug-likeness (QED) is 0.161. The molecule has 2 aromatic heterocycles. The SMILES string of the molecule is c1ccc(-n2c3ccc(-c4ccc(-c5ccc6ccccc6c5)cc4)cc3c3cc(-c4ccccc4-c4ccccc4-c4ccc(-c5nc6ccccc6o5)cc4)ccc32)cc1. The zero-order valence-electron chi connectivity index (χ0n) is 33.7. The molecule has 0 radical (unpaired) electrons. The molecule has 0 saturated carbocycles. The molecule has 0 spiro atoms. The minimum atomic E-state index is 0.627. The van der Waals surface area contributed by atoms with Crippen LogP contribution in [0.3, 0.4) is 0 Å². The Morgan fingerprint density at radius 3 is 1.50 bits per heavy atom. The average Bonchev–Trinajstić information content (AvgIpc) is 3.93. The Balaban J connectivity index is 0.947. The summed E-state index contributed by atoms with van der Waals surface area (Å²) in [5.41, 5.74) is 17.9. The van der Waals surface area contributed by atoms with E-state index in [4.69, 9.17) is 9.40 Å². The monoisotopic (exact) mass is 790 g/mol. The van der Waals surface area contributed by atoms with Crippen LogP contribution in [0.25, 0.3) is 116 Å². The fourth-order valence-corrected chi connectivity index (χ4v) is 9.18. The van der Waals surface area contributed by atoms with E-state index in [0.29, 0.717) is 5.89 Å². The number of oxazole rings is 1. The normalized spacial score (nSPS) is 11.5. The van der Waals surface area contributed by atoms with Gasteiger partial charge in [0.15, 0.2) is 5.58 Å². The number of para-hydroxylation sites is 3. The first-order valence-corrected chi connectivity index (χ1v) is 21.1. The smallest absolute Gasteiger partial charge is 0.227 e. The van der Waals surface area contributed by atoms with Crippen LogP contribution in [0.5, 0.6) is 0 Å². The van der Waals surface area contributed by atoms with Crippen molar-refractivity contribution in [1.29, 1.82) is 0 Å². The number of fused-ring (bicyclic) bond motifs is 5. The lowest BCUT2D eigenvalue weighted by Gasteiger charge is -2.15. The molecule has 0 atom stereocenters. The highest BCUT2D eigenvalue weighted by atomic mass is 16.3. The van der Waals surface area contributed by atoms with Crippen molar-refractivity contribution in [2.75, 3.05) is 0 Å². The minimum absolute atomic E-state index is 0.627. The number of hydrogen-bond donors (Lipinski definition) is 0. The summed E-state index contributed by atoms with van der Waals surface area (Å²) in [5.74, 6) is 0.627. The summed E-state index contributed by atoms with van der Waals surface area (Å²) in [5, 5.41) is 4.95. The summed E-state index contributed by atoms with van der Waals surface area (Å²) in [6, 6.07) is 82.8. The van der Waals surface area contributed by atoms with Crippen LogP contribution in [0.4, 0.5) is 0 Å². The van der Waals surface area contributed by atoms with E-state index in [0.717, 1.165) is 27.9 Å². The molecule has 2 heterocycles. The Bertz CT molecular complexity index is 3580. The summed E-state index contributed by atoms with van der Waals surface area (Å²) in [6.45, 7) is 0. The van der Waals surface area contributed by atoms with Crippen molar-refractivity contribution in [3.8, 4) is 72.8 Å². The van der Waals surface area contributed by atoms with Gasteiger partial charge in [0.2, 0.25) is 5.89 Å². The maximum Gasteiger partial charge on any atom is 0.227 e. The van der Waals surface area contributed by atoms with Gasteiger partial charge in [-0.2, -0.15) is 0 Å². The lowest BCUT2D eigenvalue weighted by Crippen LogP contribution is -1.93. The second-order valence-corrected chi connectivity index (χ2v) is 15.9. The van der Waals surface area contributed by atoms with Gasteiger partial charge in [-0.15, -0.1) is 0 Å². The van der Waals surface area contributed by atoms with Gasteiger partial charge in [0.25, 0.3) is 0 Å². The predicted molar refractivity (Wildman–Crippen MR) is 258 cm³/mol. The van der Waals surface area contributed by atoms with Crippen LogP contribution in [0, 0.1) is 0 Å². The van der Waals surface area contributed by atoms with Crippen LogP contribution in [0.15, 0.2) is 235 Å². The molecule has 12 aromatic rings. The third-order valence-electron chi connectivity index (χ3n) is 12.3. The highest BCUT2D eigenvalue weighted by Crippen LogP contribution is 2.42. The van der Waals surface area contributed by atoms with Crippen molar-refractivity contribution in [2.45, 2.75) is 0 Å². The second-order valence-electron chi connectivity index (χ2n) is 15.9. The van der Waals surface area contributed by atoms with Gasteiger partial charge in [-0.25, -0.2) is 4.98 Å². The summed E-state index contributed by atoms with van der Waals surface area (Å²) >= 11 is 0. The molecule has 10 aromatic carbocycles. The fourth-order valence-electron chi connectivity index (χ4n) is 9.18. The molecule has 3 heteroatoms. The molecule has 3 nitrogen and oxygen atoms in total. The van der Waals surface area contributed by atoms with E-state index in [1.54, 1.807) is 0 Å². The molecular weight excluding hydrogens is 753 g/mol. The van der Waals surface area contributed by atoms with E-state index in [1.165, 1.54) is 82.6 Å². The van der Waals surface area contributed by atoms with Gasteiger partial charge in [-0.05, 0) is 133 Å².